The highest BCUT2D eigenvalue weighted by Crippen LogP contribution is 2.29. The fraction of sp³-hybridized carbons (Fsp3) is 0.250. The zero-order chi connectivity index (χ0) is 21.1. The molecule has 3 aromatic rings. The van der Waals surface area contributed by atoms with Gasteiger partial charge in [-0.15, -0.1) is 0 Å². The summed E-state index contributed by atoms with van der Waals surface area (Å²) in [4.78, 5) is 32.3. The Morgan fingerprint density at radius 1 is 1.41 bits per heavy atom. The van der Waals surface area contributed by atoms with Gasteiger partial charge < -0.3 is 5.32 Å². The Kier molecular flexibility index (Phi) is 5.93. The van der Waals surface area contributed by atoms with Crippen molar-refractivity contribution in [3.05, 3.63) is 73.1 Å². The molecule has 0 aliphatic carbocycles. The molecule has 0 spiro atoms. The van der Waals surface area contributed by atoms with Gasteiger partial charge in [0.05, 0.1) is 15.6 Å². The smallest absolute Gasteiger partial charge is 0.271 e. The van der Waals surface area contributed by atoms with Crippen molar-refractivity contribution in [2.45, 2.75) is 33.2 Å². The van der Waals surface area contributed by atoms with E-state index in [0.29, 0.717) is 17.2 Å². The SMILES string of the molecule is CC[C@H](C)Nc1nc2c(C)cccn2c(=O)c1C=Nc1ccc([N+](=O)[O-])cc1Cl. The van der Waals surface area contributed by atoms with Crippen LogP contribution < -0.4 is 10.9 Å². The molecule has 0 aliphatic rings. The third-order valence-corrected chi connectivity index (χ3v) is 4.86. The van der Waals surface area contributed by atoms with Crippen LogP contribution in [0.1, 0.15) is 31.4 Å². The molecule has 29 heavy (non-hydrogen) atoms. The summed E-state index contributed by atoms with van der Waals surface area (Å²) in [6.07, 6.45) is 3.89. The van der Waals surface area contributed by atoms with Gasteiger partial charge in [-0.1, -0.05) is 24.6 Å². The first-order valence-electron chi connectivity index (χ1n) is 9.08. The van der Waals surface area contributed by atoms with Gasteiger partial charge in [0.2, 0.25) is 0 Å². The number of hydrogen-bond donors (Lipinski definition) is 1. The number of nitro groups is 1. The summed E-state index contributed by atoms with van der Waals surface area (Å²) in [5.74, 6) is 0.431. The number of benzene rings is 1. The lowest BCUT2D eigenvalue weighted by molar-refractivity contribution is -0.384. The molecular weight excluding hydrogens is 394 g/mol. The van der Waals surface area contributed by atoms with E-state index in [4.69, 9.17) is 11.6 Å². The van der Waals surface area contributed by atoms with Crippen LogP contribution in [0.3, 0.4) is 0 Å². The fourth-order valence-corrected chi connectivity index (χ4v) is 2.95. The van der Waals surface area contributed by atoms with Crippen LogP contribution in [0.4, 0.5) is 17.2 Å². The average Bonchev–Trinajstić information content (AvgIpc) is 2.69. The largest absolute Gasteiger partial charge is 0.367 e. The van der Waals surface area contributed by atoms with Gasteiger partial charge >= 0.3 is 0 Å². The molecule has 1 atom stereocenters. The second-order valence-corrected chi connectivity index (χ2v) is 7.08. The molecule has 150 valence electrons. The quantitative estimate of drug-likeness (QED) is 0.363. The predicted octanol–water partition coefficient (Wildman–Crippen LogP) is 4.53. The average molecular weight is 414 g/mol. The molecule has 0 unspecified atom stereocenters. The van der Waals surface area contributed by atoms with Gasteiger partial charge in [0.1, 0.15) is 17.0 Å². The predicted molar refractivity (Wildman–Crippen MR) is 115 cm³/mol. The lowest BCUT2D eigenvalue weighted by atomic mass is 10.2. The summed E-state index contributed by atoms with van der Waals surface area (Å²) in [6.45, 7) is 5.91. The number of fused-ring (bicyclic) bond motifs is 1. The maximum Gasteiger partial charge on any atom is 0.271 e. The number of anilines is 1. The molecule has 0 saturated heterocycles. The van der Waals surface area contributed by atoms with Gasteiger partial charge in [0.25, 0.3) is 11.2 Å². The second-order valence-electron chi connectivity index (χ2n) is 6.67. The van der Waals surface area contributed by atoms with Gasteiger partial charge in [-0.05, 0) is 38.0 Å². The Balaban J connectivity index is 2.13. The summed E-state index contributed by atoms with van der Waals surface area (Å²) >= 11 is 6.11. The van der Waals surface area contributed by atoms with Gasteiger partial charge in [-0.25, -0.2) is 4.98 Å². The van der Waals surface area contributed by atoms with Gasteiger partial charge in [-0.2, -0.15) is 0 Å². The van der Waals surface area contributed by atoms with Crippen molar-refractivity contribution in [2.24, 2.45) is 4.99 Å². The van der Waals surface area contributed by atoms with E-state index in [2.05, 4.69) is 15.3 Å². The number of aromatic nitrogens is 2. The summed E-state index contributed by atoms with van der Waals surface area (Å²) in [5, 5.41) is 14.2. The van der Waals surface area contributed by atoms with Gasteiger partial charge in [0, 0.05) is 30.6 Å². The van der Waals surface area contributed by atoms with E-state index in [9.17, 15) is 14.9 Å². The Morgan fingerprint density at radius 3 is 2.83 bits per heavy atom. The summed E-state index contributed by atoms with van der Waals surface area (Å²) in [7, 11) is 0. The Hall–Kier alpha value is -3.26. The summed E-state index contributed by atoms with van der Waals surface area (Å²) < 4.78 is 1.47. The van der Waals surface area contributed by atoms with Crippen molar-refractivity contribution < 1.29 is 4.92 Å². The van der Waals surface area contributed by atoms with Crippen LogP contribution in [-0.2, 0) is 0 Å². The molecule has 2 heterocycles. The molecule has 3 rings (SSSR count). The third kappa shape index (κ3) is 4.27. The van der Waals surface area contributed by atoms with Crippen molar-refractivity contribution >= 4 is 40.7 Å². The van der Waals surface area contributed by atoms with Crippen LogP contribution in [-0.4, -0.2) is 26.6 Å². The monoisotopic (exact) mass is 413 g/mol. The molecule has 2 aromatic heterocycles. The first kappa shape index (κ1) is 20.5. The first-order valence-corrected chi connectivity index (χ1v) is 9.46. The van der Waals surface area contributed by atoms with Gasteiger partial charge in [-0.3, -0.25) is 24.3 Å². The van der Waals surface area contributed by atoms with Crippen LogP contribution in [0, 0.1) is 17.0 Å². The number of pyridine rings is 1. The van der Waals surface area contributed by atoms with Crippen LogP contribution in [0.5, 0.6) is 0 Å². The van der Waals surface area contributed by atoms with Crippen molar-refractivity contribution in [1.82, 2.24) is 9.38 Å². The number of nitrogens with one attached hydrogen (secondary N) is 1. The van der Waals surface area contributed by atoms with E-state index in [1.165, 1.54) is 28.8 Å². The molecule has 1 aromatic carbocycles. The summed E-state index contributed by atoms with van der Waals surface area (Å²) in [5.41, 5.74) is 1.64. The van der Waals surface area contributed by atoms with Crippen molar-refractivity contribution in [3.8, 4) is 0 Å². The number of nitrogens with zero attached hydrogens (tertiary/aromatic N) is 4. The molecule has 0 saturated carbocycles. The minimum absolute atomic E-state index is 0.100. The number of halogens is 1. The topological polar surface area (TPSA) is 102 Å². The zero-order valence-electron chi connectivity index (χ0n) is 16.2. The van der Waals surface area contributed by atoms with E-state index < -0.39 is 4.92 Å². The number of nitro benzene ring substituents is 1. The number of non-ortho nitro benzene ring substituents is 1. The third-order valence-electron chi connectivity index (χ3n) is 4.55. The van der Waals surface area contributed by atoms with E-state index in [0.717, 1.165) is 12.0 Å². The van der Waals surface area contributed by atoms with Crippen molar-refractivity contribution in [3.63, 3.8) is 0 Å². The van der Waals surface area contributed by atoms with Crippen LogP contribution in [0.2, 0.25) is 5.02 Å². The standard InChI is InChI=1S/C20H20ClN5O3/c1-4-13(3)23-18-15(20(27)25-9-5-6-12(2)19(25)24-18)11-22-17-8-7-14(26(28)29)10-16(17)21/h5-11,13,23H,4H2,1-3H3/t13-/m0/s1. The number of aliphatic imine (C=N–C) groups is 1. The van der Waals surface area contributed by atoms with Gasteiger partial charge in [0.15, 0.2) is 0 Å². The highest BCUT2D eigenvalue weighted by Gasteiger charge is 2.15. The summed E-state index contributed by atoms with van der Waals surface area (Å²) in [6, 6.07) is 7.74. The molecule has 8 nitrogen and oxygen atoms in total. The van der Waals surface area contributed by atoms with E-state index in [1.807, 2.05) is 26.8 Å². The number of aryl methyl sites for hydroxylation is 1. The molecule has 9 heteroatoms. The van der Waals surface area contributed by atoms with Crippen LogP contribution in [0.15, 0.2) is 46.3 Å². The van der Waals surface area contributed by atoms with E-state index >= 15 is 0 Å². The lowest BCUT2D eigenvalue weighted by Crippen LogP contribution is -2.25. The van der Waals surface area contributed by atoms with Crippen LogP contribution >= 0.6 is 11.6 Å². The van der Waals surface area contributed by atoms with Crippen LogP contribution in [0.25, 0.3) is 5.65 Å². The maximum absolute atomic E-state index is 13.1. The molecule has 0 aliphatic heterocycles. The fourth-order valence-electron chi connectivity index (χ4n) is 2.72. The first-order chi connectivity index (χ1) is 13.8. The Labute approximate surface area is 172 Å². The van der Waals surface area contributed by atoms with E-state index in [1.54, 1.807) is 12.3 Å². The number of hydrogen-bond acceptors (Lipinski definition) is 6. The van der Waals surface area contributed by atoms with Crippen molar-refractivity contribution in [2.75, 3.05) is 5.32 Å². The molecule has 0 bridgehead atoms. The Bertz CT molecular complexity index is 1170. The lowest BCUT2D eigenvalue weighted by Gasteiger charge is -2.15. The molecule has 0 radical (unpaired) electrons. The highest BCUT2D eigenvalue weighted by molar-refractivity contribution is 6.33. The highest BCUT2D eigenvalue weighted by atomic mass is 35.5. The second kappa shape index (κ2) is 8.40. The minimum atomic E-state index is -0.532. The Morgan fingerprint density at radius 2 is 2.17 bits per heavy atom. The molecule has 0 amide bonds. The van der Waals surface area contributed by atoms with E-state index in [-0.39, 0.29) is 27.9 Å². The zero-order valence-corrected chi connectivity index (χ0v) is 17.0. The molecule has 1 N–H and O–H groups in total. The number of rotatable bonds is 6. The normalized spacial score (nSPS) is 12.4. The minimum Gasteiger partial charge on any atom is -0.367 e. The maximum atomic E-state index is 13.1. The van der Waals surface area contributed by atoms with Crippen molar-refractivity contribution in [1.29, 1.82) is 0 Å². The molecular formula is C20H20ClN5O3. The molecule has 0 fully saturated rings.